The highest BCUT2D eigenvalue weighted by Gasteiger charge is 2.41. The Kier molecular flexibility index (Phi) is 16.8. The molecule has 62 heavy (non-hydrogen) atoms. The van der Waals surface area contributed by atoms with E-state index < -0.39 is 90.6 Å². The Labute approximate surface area is 340 Å². The van der Waals surface area contributed by atoms with E-state index in [0.29, 0.717) is 24.3 Å². The summed E-state index contributed by atoms with van der Waals surface area (Å²) >= 11 is 0. The van der Waals surface area contributed by atoms with Gasteiger partial charge in [-0.1, -0.05) is 0 Å². The van der Waals surface area contributed by atoms with Crippen molar-refractivity contribution >= 4 is 19.6 Å². The van der Waals surface area contributed by atoms with Gasteiger partial charge < -0.3 is 50.6 Å². The van der Waals surface area contributed by atoms with E-state index in [0.717, 1.165) is 9.13 Å². The zero-order valence-electron chi connectivity index (χ0n) is 31.3. The molecule has 0 fully saturated rings. The minimum atomic E-state index is -4.64. The predicted molar refractivity (Wildman–Crippen MR) is 184 cm³/mol. The molecule has 0 radical (unpaired) electrons. The molecular weight excluding hydrogens is 895 g/mol. The minimum Gasteiger partial charge on any atom is -0.412 e. The van der Waals surface area contributed by atoms with Crippen LogP contribution in [0.3, 0.4) is 0 Å². The third-order valence-electron chi connectivity index (χ3n) is 8.74. The number of benzene rings is 2. The van der Waals surface area contributed by atoms with Gasteiger partial charge in [-0.05, 0) is 36.1 Å². The number of nitrogens with zero attached hydrogens (tertiary/aromatic N) is 8. The number of carbonyl (C=O) groups excluding carboxylic acids is 2. The molecule has 30 heteroatoms. The summed E-state index contributed by atoms with van der Waals surface area (Å²) in [6.07, 6.45) is -10.2. The van der Waals surface area contributed by atoms with Crippen LogP contribution in [0.25, 0.3) is 0 Å². The molecule has 9 N–H and O–H groups in total. The number of phosphoric acid groups is 1. The van der Waals surface area contributed by atoms with Crippen molar-refractivity contribution < 1.29 is 87.0 Å². The Morgan fingerprint density at radius 3 is 1.21 bits per heavy atom. The number of carbonyl (C=O) groups is 2. The molecule has 2 aliphatic rings. The Hall–Kier alpha value is -5.19. The van der Waals surface area contributed by atoms with Crippen LogP contribution in [0.1, 0.15) is 47.3 Å². The van der Waals surface area contributed by atoms with Crippen molar-refractivity contribution in [3.05, 3.63) is 93.6 Å². The van der Waals surface area contributed by atoms with Crippen LogP contribution in [-0.2, 0) is 65.5 Å². The summed E-state index contributed by atoms with van der Waals surface area (Å²) in [5, 5.41) is 13.2. The van der Waals surface area contributed by atoms with Crippen LogP contribution in [-0.4, -0.2) is 96.5 Å². The lowest BCUT2D eigenvalue weighted by molar-refractivity contribution is -0.149. The lowest BCUT2D eigenvalue weighted by Gasteiger charge is -2.29. The molecule has 0 saturated heterocycles. The molecule has 2 aromatic heterocycles. The second-order valence-corrected chi connectivity index (χ2v) is 14.4. The molecule has 2 amide bonds. The van der Waals surface area contributed by atoms with Crippen molar-refractivity contribution in [3.8, 4) is 0 Å². The highest BCUT2D eigenvalue weighted by molar-refractivity contribution is 7.45. The highest BCUT2D eigenvalue weighted by Crippen LogP contribution is 2.31. The highest BCUT2D eigenvalue weighted by atomic mass is 31.2. The predicted octanol–water partition coefficient (Wildman–Crippen LogP) is 2.28. The van der Waals surface area contributed by atoms with Gasteiger partial charge in [-0.15, -0.1) is 20.4 Å². The van der Waals surface area contributed by atoms with Crippen LogP contribution >= 0.6 is 7.82 Å². The van der Waals surface area contributed by atoms with Crippen molar-refractivity contribution in [2.24, 2.45) is 11.5 Å². The van der Waals surface area contributed by atoms with Gasteiger partial charge in [0.05, 0.1) is 13.1 Å². The molecule has 0 aliphatic carbocycles. The second kappa shape index (κ2) is 20.3. The van der Waals surface area contributed by atoms with Gasteiger partial charge in [-0.3, -0.25) is 9.59 Å². The summed E-state index contributed by atoms with van der Waals surface area (Å²) in [5.74, 6) is -10.3. The van der Waals surface area contributed by atoms with Gasteiger partial charge >= 0.3 is 20.2 Å². The number of rotatable bonds is 8. The van der Waals surface area contributed by atoms with Gasteiger partial charge in [-0.2, -0.15) is 26.3 Å². The fourth-order valence-corrected chi connectivity index (χ4v) is 6.02. The van der Waals surface area contributed by atoms with E-state index in [9.17, 15) is 62.3 Å². The molecule has 2 atom stereocenters. The molecule has 0 spiro atoms. The Bertz CT molecular complexity index is 2120. The molecule has 6 rings (SSSR count). The number of amides is 2. The van der Waals surface area contributed by atoms with Gasteiger partial charge in [0.1, 0.15) is 11.6 Å². The number of halogens is 12. The Balaban J connectivity index is 0.000000294. The van der Waals surface area contributed by atoms with Crippen LogP contribution < -0.4 is 11.5 Å². The maximum atomic E-state index is 13.7. The average Bonchev–Trinajstić information content (AvgIpc) is 3.77. The minimum absolute atomic E-state index is 0. The van der Waals surface area contributed by atoms with Crippen LogP contribution in [0.15, 0.2) is 24.3 Å². The lowest BCUT2D eigenvalue weighted by atomic mass is 10.0. The maximum Gasteiger partial charge on any atom is 0.466 e. The summed E-state index contributed by atoms with van der Waals surface area (Å²) in [7, 11) is -4.64. The SMILES string of the molecule is NC(CC(=O)N1CCn2c(nnc2C(F)(F)F)C1)Cc1cc(F)c(F)cc1F.NC(CC(=O)N1CCn2c(nnc2C(F)(F)F)C1)Cc1cc(F)c(F)cc1F.O.O=P(O)(O)O. The van der Waals surface area contributed by atoms with Crippen LogP contribution in [0.5, 0.6) is 0 Å². The number of hydrogen-bond acceptors (Lipinski definition) is 9. The quantitative estimate of drug-likeness (QED) is 0.0969. The number of nitrogens with two attached hydrogens (primary N) is 2. The smallest absolute Gasteiger partial charge is 0.412 e. The van der Waals surface area contributed by atoms with E-state index in [1.165, 1.54) is 9.80 Å². The first kappa shape index (κ1) is 51.2. The van der Waals surface area contributed by atoms with Crippen molar-refractivity contribution in [1.29, 1.82) is 0 Å². The van der Waals surface area contributed by atoms with Gasteiger partial charge in [0, 0.05) is 63.2 Å². The summed E-state index contributed by atoms with van der Waals surface area (Å²) in [6, 6.07) is 0.368. The summed E-state index contributed by atoms with van der Waals surface area (Å²) < 4.78 is 167. The van der Waals surface area contributed by atoms with Crippen molar-refractivity contribution in [2.75, 3.05) is 13.1 Å². The number of aromatic nitrogens is 6. The molecule has 0 saturated carbocycles. The van der Waals surface area contributed by atoms with E-state index in [4.69, 9.17) is 30.7 Å². The molecule has 0 bridgehead atoms. The molecule has 2 aromatic carbocycles. The average molecular weight is 931 g/mol. The number of alkyl halides is 6. The molecule has 4 aromatic rings. The van der Waals surface area contributed by atoms with E-state index in [-0.39, 0.29) is 93.2 Å². The maximum absolute atomic E-state index is 13.7. The Morgan fingerprint density at radius 2 is 0.903 bits per heavy atom. The van der Waals surface area contributed by atoms with E-state index in [2.05, 4.69) is 20.4 Å². The zero-order valence-corrected chi connectivity index (χ0v) is 32.2. The van der Waals surface area contributed by atoms with Gasteiger partial charge in [0.25, 0.3) is 0 Å². The van der Waals surface area contributed by atoms with Gasteiger partial charge in [0.2, 0.25) is 23.5 Å². The first-order valence-corrected chi connectivity index (χ1v) is 18.8. The monoisotopic (exact) mass is 930 g/mol. The topological polar surface area (TPSA) is 263 Å². The summed E-state index contributed by atoms with van der Waals surface area (Å²) in [5.41, 5.74) is 11.3. The first-order valence-electron chi connectivity index (χ1n) is 17.2. The zero-order chi connectivity index (χ0) is 45.8. The molecule has 4 heterocycles. The first-order chi connectivity index (χ1) is 28.1. The van der Waals surface area contributed by atoms with Crippen LogP contribution in [0.4, 0.5) is 52.7 Å². The molecule has 17 nitrogen and oxygen atoms in total. The molecule has 2 unspecified atom stereocenters. The summed E-state index contributed by atoms with van der Waals surface area (Å²) in [6.45, 7) is -0.604. The van der Waals surface area contributed by atoms with Gasteiger partial charge in [-0.25, -0.2) is 30.9 Å². The molecule has 2 aliphatic heterocycles. The van der Waals surface area contributed by atoms with Crippen molar-refractivity contribution in [1.82, 2.24) is 39.3 Å². The lowest BCUT2D eigenvalue weighted by Crippen LogP contribution is -2.42. The Morgan fingerprint density at radius 1 is 0.597 bits per heavy atom. The molecular formula is C32H35F12N10O7P. The third-order valence-corrected chi connectivity index (χ3v) is 8.74. The van der Waals surface area contributed by atoms with E-state index in [1.807, 2.05) is 0 Å². The number of hydrogen-bond donors (Lipinski definition) is 5. The van der Waals surface area contributed by atoms with Crippen LogP contribution in [0, 0.1) is 34.9 Å². The van der Waals surface area contributed by atoms with Crippen molar-refractivity contribution in [2.45, 2.75) is 76.3 Å². The third kappa shape index (κ3) is 13.9. The second-order valence-electron chi connectivity index (χ2n) is 13.4. The molecule has 344 valence electrons. The summed E-state index contributed by atoms with van der Waals surface area (Å²) in [4.78, 5) is 48.8. The fraction of sp³-hybridized carbons (Fsp3) is 0.438. The standard InChI is InChI=1S/2C16H15F6N5O.H3O4P.H2O/c2*17-10-6-12(19)11(18)4-8(10)3-9(23)5-14(28)26-1-2-27-13(7-26)24-25-15(27)16(20,21)22;1-5(2,3)4;/h2*4,6,9H,1-3,5,7,23H2;(H3,1,2,3,4);1H2. The van der Waals surface area contributed by atoms with E-state index in [1.54, 1.807) is 0 Å². The largest absolute Gasteiger partial charge is 0.466 e. The normalized spacial score (nSPS) is 14.9. The number of fused-ring (bicyclic) bond motifs is 2. The van der Waals surface area contributed by atoms with Gasteiger partial charge in [0.15, 0.2) is 34.9 Å². The van der Waals surface area contributed by atoms with E-state index >= 15 is 0 Å². The fourth-order valence-electron chi connectivity index (χ4n) is 6.02. The van der Waals surface area contributed by atoms with Crippen LogP contribution in [0.2, 0.25) is 0 Å². The van der Waals surface area contributed by atoms with Crippen molar-refractivity contribution in [3.63, 3.8) is 0 Å².